The number of aromatic carboxylic acids is 1. The summed E-state index contributed by atoms with van der Waals surface area (Å²) >= 11 is 0. The Morgan fingerprint density at radius 2 is 1.59 bits per heavy atom. The maximum atomic E-state index is 11.6. The number of esters is 1. The highest BCUT2D eigenvalue weighted by Gasteiger charge is 2.14. The van der Waals surface area contributed by atoms with E-state index in [1.54, 1.807) is 24.3 Å². The number of hydrogen-bond acceptors (Lipinski definition) is 5. The Balaban J connectivity index is 2.21. The number of benzene rings is 2. The van der Waals surface area contributed by atoms with Crippen molar-refractivity contribution in [2.45, 2.75) is 32.4 Å². The summed E-state index contributed by atoms with van der Waals surface area (Å²) in [4.78, 5) is 27.3. The monoisotopic (exact) mass is 398 g/mol. The molecule has 0 radical (unpaired) electrons. The minimum Gasteiger partial charge on any atom is -0.478 e. The number of carbonyl (C=O) groups excluding carboxylic acids is 1. The minimum absolute atomic E-state index is 0.274. The lowest BCUT2D eigenvalue weighted by Gasteiger charge is -2.29. The Bertz CT molecular complexity index is 801. The fourth-order valence-corrected chi connectivity index (χ4v) is 3.33. The molecule has 0 amide bonds. The lowest BCUT2D eigenvalue weighted by Crippen LogP contribution is -2.33. The largest absolute Gasteiger partial charge is 0.478 e. The highest BCUT2D eigenvalue weighted by molar-refractivity contribution is 5.89. The summed E-state index contributed by atoms with van der Waals surface area (Å²) in [6.07, 6.45) is 2.05. The first-order valence-corrected chi connectivity index (χ1v) is 9.77. The number of hydrogen-bond donors (Lipinski definition) is 1. The predicted octanol–water partition coefficient (Wildman–Crippen LogP) is 3.91. The highest BCUT2D eigenvalue weighted by atomic mass is 16.5. The van der Waals surface area contributed by atoms with Crippen LogP contribution in [-0.2, 0) is 11.3 Å². The highest BCUT2D eigenvalue weighted by Crippen LogP contribution is 2.20. The average molecular weight is 399 g/mol. The molecule has 1 atom stereocenters. The molecule has 2 rings (SSSR count). The number of anilines is 1. The SMILES string of the molecule is CCC(CCN(Cc1ccc(C(=O)OC)cc1)c1ccc(C(=O)O)cc1)N(C)C. The molecule has 0 bridgehead atoms. The van der Waals surface area contributed by atoms with Crippen molar-refractivity contribution in [3.8, 4) is 0 Å². The van der Waals surface area contributed by atoms with Gasteiger partial charge < -0.3 is 19.6 Å². The molecule has 0 aromatic heterocycles. The molecule has 0 saturated heterocycles. The van der Waals surface area contributed by atoms with E-state index in [4.69, 9.17) is 9.84 Å². The van der Waals surface area contributed by atoms with Gasteiger partial charge >= 0.3 is 11.9 Å². The van der Waals surface area contributed by atoms with Crippen LogP contribution in [0.15, 0.2) is 48.5 Å². The first-order chi connectivity index (χ1) is 13.8. The van der Waals surface area contributed by atoms with Crippen LogP contribution in [0.2, 0.25) is 0 Å². The summed E-state index contributed by atoms with van der Waals surface area (Å²) in [5.74, 6) is -1.28. The maximum absolute atomic E-state index is 11.6. The number of rotatable bonds is 10. The second kappa shape index (κ2) is 10.6. The Morgan fingerprint density at radius 3 is 2.07 bits per heavy atom. The molecule has 1 unspecified atom stereocenters. The summed E-state index contributed by atoms with van der Waals surface area (Å²) in [5, 5.41) is 9.15. The van der Waals surface area contributed by atoms with Gasteiger partial charge in [-0.15, -0.1) is 0 Å². The first-order valence-electron chi connectivity index (χ1n) is 9.77. The maximum Gasteiger partial charge on any atom is 0.337 e. The van der Waals surface area contributed by atoms with E-state index >= 15 is 0 Å². The molecule has 2 aromatic carbocycles. The molecule has 0 aliphatic rings. The predicted molar refractivity (Wildman–Crippen MR) is 115 cm³/mol. The van der Waals surface area contributed by atoms with Crippen molar-refractivity contribution in [1.82, 2.24) is 4.90 Å². The van der Waals surface area contributed by atoms with E-state index in [0.29, 0.717) is 18.2 Å². The van der Waals surface area contributed by atoms with Gasteiger partial charge in [-0.05, 0) is 68.9 Å². The smallest absolute Gasteiger partial charge is 0.337 e. The zero-order chi connectivity index (χ0) is 21.4. The van der Waals surface area contributed by atoms with Gasteiger partial charge in [0.15, 0.2) is 0 Å². The van der Waals surface area contributed by atoms with Crippen LogP contribution in [0.4, 0.5) is 5.69 Å². The van der Waals surface area contributed by atoms with Crippen molar-refractivity contribution < 1.29 is 19.4 Å². The van der Waals surface area contributed by atoms with Crippen LogP contribution >= 0.6 is 0 Å². The van der Waals surface area contributed by atoms with Crippen molar-refractivity contribution in [3.05, 3.63) is 65.2 Å². The molecular weight excluding hydrogens is 368 g/mol. The normalized spacial score (nSPS) is 11.9. The van der Waals surface area contributed by atoms with Crippen molar-refractivity contribution >= 4 is 17.6 Å². The van der Waals surface area contributed by atoms with Gasteiger partial charge in [0.25, 0.3) is 0 Å². The molecule has 156 valence electrons. The van der Waals surface area contributed by atoms with E-state index in [2.05, 4.69) is 30.8 Å². The zero-order valence-corrected chi connectivity index (χ0v) is 17.6. The average Bonchev–Trinajstić information content (AvgIpc) is 2.73. The summed E-state index contributed by atoms with van der Waals surface area (Å²) in [6, 6.07) is 14.8. The van der Waals surface area contributed by atoms with E-state index in [0.717, 1.165) is 30.6 Å². The van der Waals surface area contributed by atoms with Gasteiger partial charge in [0, 0.05) is 24.8 Å². The number of carboxylic acids is 1. The Labute approximate surface area is 172 Å². The third-order valence-corrected chi connectivity index (χ3v) is 5.16. The van der Waals surface area contributed by atoms with Crippen LogP contribution in [0.25, 0.3) is 0 Å². The lowest BCUT2D eigenvalue weighted by molar-refractivity contribution is 0.0599. The third kappa shape index (κ3) is 6.32. The molecule has 0 aliphatic heterocycles. The van der Waals surface area contributed by atoms with Crippen LogP contribution in [0.5, 0.6) is 0 Å². The molecule has 0 spiro atoms. The Kier molecular flexibility index (Phi) is 8.21. The minimum atomic E-state index is -0.930. The van der Waals surface area contributed by atoms with Crippen LogP contribution in [0, 0.1) is 0 Å². The van der Waals surface area contributed by atoms with E-state index < -0.39 is 5.97 Å². The van der Waals surface area contributed by atoms with Gasteiger partial charge in [-0.3, -0.25) is 0 Å². The van der Waals surface area contributed by atoms with E-state index in [1.807, 2.05) is 24.3 Å². The number of carbonyl (C=O) groups is 2. The van der Waals surface area contributed by atoms with Gasteiger partial charge in [0.1, 0.15) is 0 Å². The summed E-state index contributed by atoms with van der Waals surface area (Å²) in [7, 11) is 5.55. The lowest BCUT2D eigenvalue weighted by atomic mass is 10.1. The van der Waals surface area contributed by atoms with Gasteiger partial charge in [-0.1, -0.05) is 19.1 Å². The van der Waals surface area contributed by atoms with Crippen molar-refractivity contribution in [2.75, 3.05) is 32.6 Å². The van der Waals surface area contributed by atoms with Crippen LogP contribution in [-0.4, -0.2) is 55.7 Å². The molecule has 0 saturated carbocycles. The molecule has 6 heteroatoms. The summed E-state index contributed by atoms with van der Waals surface area (Å²) in [6.45, 7) is 3.68. The second-order valence-corrected chi connectivity index (χ2v) is 7.28. The van der Waals surface area contributed by atoms with Crippen molar-refractivity contribution in [1.29, 1.82) is 0 Å². The van der Waals surface area contributed by atoms with Gasteiger partial charge in [-0.2, -0.15) is 0 Å². The van der Waals surface area contributed by atoms with Crippen molar-refractivity contribution in [2.24, 2.45) is 0 Å². The van der Waals surface area contributed by atoms with Gasteiger partial charge in [0.05, 0.1) is 18.2 Å². The molecule has 1 N–H and O–H groups in total. The molecule has 0 heterocycles. The number of nitrogens with zero attached hydrogens (tertiary/aromatic N) is 2. The van der Waals surface area contributed by atoms with Crippen molar-refractivity contribution in [3.63, 3.8) is 0 Å². The topological polar surface area (TPSA) is 70.1 Å². The number of carboxylic acid groups (broad SMARTS) is 1. The van der Waals surface area contributed by atoms with Crippen LogP contribution in [0.1, 0.15) is 46.0 Å². The quantitative estimate of drug-likeness (QED) is 0.612. The molecule has 0 aliphatic carbocycles. The third-order valence-electron chi connectivity index (χ3n) is 5.16. The zero-order valence-electron chi connectivity index (χ0n) is 17.6. The van der Waals surface area contributed by atoms with E-state index in [1.165, 1.54) is 7.11 Å². The first kappa shape index (κ1) is 22.4. The summed E-state index contributed by atoms with van der Waals surface area (Å²) in [5.41, 5.74) is 2.83. The standard InChI is InChI=1S/C23H30N2O4/c1-5-20(24(2)3)14-15-25(21-12-10-18(11-13-21)22(26)27)16-17-6-8-19(9-7-17)23(28)29-4/h6-13,20H,5,14-16H2,1-4H3,(H,26,27). The molecular formula is C23H30N2O4. The Hall–Kier alpha value is -2.86. The molecule has 2 aromatic rings. The molecule has 29 heavy (non-hydrogen) atoms. The Morgan fingerprint density at radius 1 is 1.00 bits per heavy atom. The molecule has 6 nitrogen and oxygen atoms in total. The van der Waals surface area contributed by atoms with Gasteiger partial charge in [-0.25, -0.2) is 9.59 Å². The van der Waals surface area contributed by atoms with Gasteiger partial charge in [0.2, 0.25) is 0 Å². The fraction of sp³-hybridized carbons (Fsp3) is 0.391. The van der Waals surface area contributed by atoms with Crippen LogP contribution in [0.3, 0.4) is 0 Å². The molecule has 0 fully saturated rings. The number of ether oxygens (including phenoxy) is 1. The summed E-state index contributed by atoms with van der Waals surface area (Å²) < 4.78 is 4.75. The van der Waals surface area contributed by atoms with E-state index in [-0.39, 0.29) is 11.5 Å². The fourth-order valence-electron chi connectivity index (χ4n) is 3.33. The second-order valence-electron chi connectivity index (χ2n) is 7.28. The van der Waals surface area contributed by atoms with E-state index in [9.17, 15) is 9.59 Å². The number of methoxy groups -OCH3 is 1. The van der Waals surface area contributed by atoms with Crippen LogP contribution < -0.4 is 4.90 Å².